The summed E-state index contributed by atoms with van der Waals surface area (Å²) in [6, 6.07) is 0. The maximum atomic E-state index is 4.00. The van der Waals surface area contributed by atoms with Gasteiger partial charge in [-0.3, -0.25) is 0 Å². The summed E-state index contributed by atoms with van der Waals surface area (Å²) in [6.07, 6.45) is 2.10. The zero-order chi connectivity index (χ0) is 7.56. The Morgan fingerprint density at radius 3 is 2.64 bits per heavy atom. The van der Waals surface area contributed by atoms with Crippen molar-refractivity contribution >= 4 is 0 Å². The van der Waals surface area contributed by atoms with E-state index in [1.165, 1.54) is 24.1 Å². The third-order valence-corrected chi connectivity index (χ3v) is 2.06. The van der Waals surface area contributed by atoms with E-state index in [1.807, 2.05) is 0 Å². The Bertz CT molecular complexity index is 152. The maximum absolute atomic E-state index is 4.00. The van der Waals surface area contributed by atoms with Crippen molar-refractivity contribution in [2.45, 2.75) is 12.8 Å². The van der Waals surface area contributed by atoms with Gasteiger partial charge in [-0.25, -0.2) is 24.5 Å². The molecule has 0 atom stereocenters. The van der Waals surface area contributed by atoms with Gasteiger partial charge in [0, 0.05) is 0 Å². The maximum Gasteiger partial charge on any atom is 2.00 e. The van der Waals surface area contributed by atoms with Crippen LogP contribution in [0.1, 0.15) is 12.8 Å². The predicted molar refractivity (Wildman–Crippen MR) is 44.5 cm³/mol. The first-order valence-electron chi connectivity index (χ1n) is 3.74. The van der Waals surface area contributed by atoms with Gasteiger partial charge in [0.25, 0.3) is 0 Å². The van der Waals surface area contributed by atoms with E-state index in [-0.39, 0.29) is 21.1 Å². The predicted octanol–water partition coefficient (Wildman–Crippen LogP) is 1.67. The summed E-state index contributed by atoms with van der Waals surface area (Å²) in [6.45, 7) is 10.1. The fraction of sp³-hybridized carbons (Fsp3) is 0.556. The van der Waals surface area contributed by atoms with Crippen LogP contribution in [0.15, 0.2) is 11.1 Å². The molecule has 0 radical (unpaired) electrons. The molecule has 0 bridgehead atoms. The molecule has 1 aliphatic heterocycles. The first-order chi connectivity index (χ1) is 4.74. The first-order valence-corrected chi connectivity index (χ1v) is 3.74. The van der Waals surface area contributed by atoms with Crippen molar-refractivity contribution in [3.63, 3.8) is 0 Å². The molecule has 0 aromatic carbocycles. The number of hydrogen-bond acceptors (Lipinski definition) is 1. The zero-order valence-electron chi connectivity index (χ0n) is 7.10. The Morgan fingerprint density at radius 1 is 1.55 bits per heavy atom. The van der Waals surface area contributed by atoms with Crippen molar-refractivity contribution in [1.29, 1.82) is 0 Å². The van der Waals surface area contributed by atoms with E-state index in [0.29, 0.717) is 0 Å². The quantitative estimate of drug-likeness (QED) is 0.664. The van der Waals surface area contributed by atoms with Crippen LogP contribution in [0.4, 0.5) is 0 Å². The Balaban J connectivity index is 0.000001000. The standard InChI is InChI=1S/C9H15N.W/c1-4-9-5-6-10(3)7-8(9)2;/h1-2,4-7H2,3H3;/q-2;+2. The molecule has 0 aromatic rings. The van der Waals surface area contributed by atoms with E-state index in [4.69, 9.17) is 0 Å². The van der Waals surface area contributed by atoms with E-state index in [9.17, 15) is 0 Å². The monoisotopic (exact) mass is 321 g/mol. The minimum absolute atomic E-state index is 0. The molecule has 0 spiro atoms. The largest absolute Gasteiger partial charge is 2.00 e. The van der Waals surface area contributed by atoms with Crippen molar-refractivity contribution in [3.05, 3.63) is 25.0 Å². The topological polar surface area (TPSA) is 3.24 Å². The van der Waals surface area contributed by atoms with Crippen molar-refractivity contribution in [2.24, 2.45) is 0 Å². The van der Waals surface area contributed by atoms with Gasteiger partial charge in [-0.1, -0.05) is 6.42 Å². The van der Waals surface area contributed by atoms with E-state index in [1.54, 1.807) is 0 Å². The molecule has 1 heterocycles. The Labute approximate surface area is 84.1 Å². The molecular formula is C9H15NW. The second-order valence-electron chi connectivity index (χ2n) is 2.94. The molecule has 0 unspecified atom stereocenters. The van der Waals surface area contributed by atoms with Crippen LogP contribution < -0.4 is 0 Å². The minimum Gasteiger partial charge on any atom is -0.356 e. The molecule has 0 saturated carbocycles. The molecule has 62 valence electrons. The van der Waals surface area contributed by atoms with Gasteiger partial charge in [-0.15, -0.1) is 0 Å². The van der Waals surface area contributed by atoms with Crippen molar-refractivity contribution in [1.82, 2.24) is 4.90 Å². The van der Waals surface area contributed by atoms with Gasteiger partial charge in [-0.2, -0.15) is 0 Å². The van der Waals surface area contributed by atoms with Crippen LogP contribution in [0.5, 0.6) is 0 Å². The third kappa shape index (κ3) is 3.01. The normalized spacial score (nSPS) is 19.8. The van der Waals surface area contributed by atoms with Crippen LogP contribution in [0.2, 0.25) is 0 Å². The fourth-order valence-corrected chi connectivity index (χ4v) is 1.32. The SMILES string of the molecule is [CH2-]CC1=C([CH2-])CN(C)CC1.[W+2]. The summed E-state index contributed by atoms with van der Waals surface area (Å²) in [4.78, 5) is 2.29. The molecular weight excluding hydrogens is 306 g/mol. The summed E-state index contributed by atoms with van der Waals surface area (Å²) >= 11 is 0. The average molecular weight is 321 g/mol. The molecule has 1 nitrogen and oxygen atoms in total. The number of hydrogen-bond donors (Lipinski definition) is 0. The van der Waals surface area contributed by atoms with Crippen LogP contribution in [0.25, 0.3) is 0 Å². The summed E-state index contributed by atoms with van der Waals surface area (Å²) < 4.78 is 0. The zero-order valence-corrected chi connectivity index (χ0v) is 10.0. The van der Waals surface area contributed by atoms with Crippen LogP contribution in [0, 0.1) is 13.8 Å². The summed E-state index contributed by atoms with van der Waals surface area (Å²) in [5, 5.41) is 0. The van der Waals surface area contributed by atoms with E-state index in [0.717, 1.165) is 13.0 Å². The number of rotatable bonds is 1. The van der Waals surface area contributed by atoms with Crippen LogP contribution >= 0.6 is 0 Å². The molecule has 0 aliphatic carbocycles. The summed E-state index contributed by atoms with van der Waals surface area (Å²) in [7, 11) is 2.13. The Hall–Kier alpha value is 0.258. The number of likely N-dealkylation sites (N-methyl/N-ethyl adjacent to an activating group) is 1. The Kier molecular flexibility index (Phi) is 5.12. The van der Waals surface area contributed by atoms with E-state index < -0.39 is 0 Å². The van der Waals surface area contributed by atoms with Crippen molar-refractivity contribution in [2.75, 3.05) is 20.1 Å². The van der Waals surface area contributed by atoms with E-state index in [2.05, 4.69) is 25.8 Å². The second-order valence-corrected chi connectivity index (χ2v) is 2.94. The molecule has 1 aliphatic rings. The van der Waals surface area contributed by atoms with Crippen LogP contribution in [-0.4, -0.2) is 25.0 Å². The summed E-state index contributed by atoms with van der Waals surface area (Å²) in [5.41, 5.74) is 2.74. The molecule has 0 N–H and O–H groups in total. The van der Waals surface area contributed by atoms with Crippen molar-refractivity contribution in [3.8, 4) is 0 Å². The molecule has 0 amide bonds. The van der Waals surface area contributed by atoms with Gasteiger partial charge < -0.3 is 11.8 Å². The van der Waals surface area contributed by atoms with Gasteiger partial charge in [-0.05, 0) is 20.1 Å². The van der Waals surface area contributed by atoms with Gasteiger partial charge >= 0.3 is 21.1 Å². The molecule has 0 saturated heterocycles. The first kappa shape index (κ1) is 11.3. The summed E-state index contributed by atoms with van der Waals surface area (Å²) in [5.74, 6) is 0. The van der Waals surface area contributed by atoms with Crippen LogP contribution in [0.3, 0.4) is 0 Å². The smallest absolute Gasteiger partial charge is 0.356 e. The van der Waals surface area contributed by atoms with Gasteiger partial charge in [0.15, 0.2) is 0 Å². The van der Waals surface area contributed by atoms with Gasteiger partial charge in [0.2, 0.25) is 0 Å². The molecule has 0 aromatic heterocycles. The molecule has 0 fully saturated rings. The van der Waals surface area contributed by atoms with Gasteiger partial charge in [0.05, 0.1) is 0 Å². The van der Waals surface area contributed by atoms with Crippen molar-refractivity contribution < 1.29 is 21.1 Å². The Morgan fingerprint density at radius 2 is 2.18 bits per heavy atom. The van der Waals surface area contributed by atoms with Gasteiger partial charge in [0.1, 0.15) is 0 Å². The average Bonchev–Trinajstić information content (AvgIpc) is 1.88. The molecule has 11 heavy (non-hydrogen) atoms. The molecule has 1 rings (SSSR count). The van der Waals surface area contributed by atoms with E-state index >= 15 is 0 Å². The third-order valence-electron chi connectivity index (χ3n) is 2.06. The minimum atomic E-state index is 0. The molecule has 2 heteroatoms. The fourth-order valence-electron chi connectivity index (χ4n) is 1.32. The number of nitrogens with zero attached hydrogens (tertiary/aromatic N) is 1. The second kappa shape index (κ2) is 5.00. The van der Waals surface area contributed by atoms with Crippen LogP contribution in [-0.2, 0) is 21.1 Å².